The van der Waals surface area contributed by atoms with Crippen LogP contribution in [0.15, 0.2) is 33.3 Å². The number of nitrogens with zero attached hydrogens (tertiary/aromatic N) is 3. The third kappa shape index (κ3) is 4.22. The summed E-state index contributed by atoms with van der Waals surface area (Å²) in [5.41, 5.74) is 0.433. The maximum Gasteiger partial charge on any atom is 0.321 e. The highest BCUT2D eigenvalue weighted by Crippen LogP contribution is 2.41. The summed E-state index contributed by atoms with van der Waals surface area (Å²) in [5.74, 6) is 1.87. The maximum atomic E-state index is 12.9. The molecule has 1 atom stereocenters. The molecule has 28 heavy (non-hydrogen) atoms. The molecule has 150 valence electrons. The van der Waals surface area contributed by atoms with Crippen LogP contribution in [-0.2, 0) is 10.2 Å². The first-order chi connectivity index (χ1) is 13.6. The summed E-state index contributed by atoms with van der Waals surface area (Å²) in [5, 5.41) is 7.30. The van der Waals surface area contributed by atoms with Gasteiger partial charge in [-0.3, -0.25) is 0 Å². The number of hydrogen-bond acceptors (Lipinski definition) is 5. The van der Waals surface area contributed by atoms with E-state index in [-0.39, 0.29) is 11.4 Å². The van der Waals surface area contributed by atoms with Crippen LogP contribution in [0.5, 0.6) is 0 Å². The van der Waals surface area contributed by atoms with Gasteiger partial charge in [0, 0.05) is 42.9 Å². The van der Waals surface area contributed by atoms with Crippen LogP contribution in [0.4, 0.5) is 10.5 Å². The number of piperidine rings is 1. The summed E-state index contributed by atoms with van der Waals surface area (Å²) in [6.45, 7) is 1.86. The van der Waals surface area contributed by atoms with Crippen LogP contribution >= 0.6 is 15.9 Å². The van der Waals surface area contributed by atoms with E-state index in [4.69, 9.17) is 14.2 Å². The number of anilines is 1. The molecule has 1 unspecified atom stereocenters. The number of benzene rings is 1. The van der Waals surface area contributed by atoms with E-state index >= 15 is 0 Å². The first-order valence-corrected chi connectivity index (χ1v) is 10.5. The molecule has 0 spiro atoms. The predicted octanol–water partition coefficient (Wildman–Crippen LogP) is 4.31. The quantitative estimate of drug-likeness (QED) is 0.711. The minimum absolute atomic E-state index is 0.106. The van der Waals surface area contributed by atoms with E-state index in [2.05, 4.69) is 26.4 Å². The third-order valence-corrected chi connectivity index (χ3v) is 6.06. The molecule has 1 aromatic heterocycles. The van der Waals surface area contributed by atoms with E-state index in [1.807, 2.05) is 29.2 Å². The van der Waals surface area contributed by atoms with Crippen LogP contribution in [0.25, 0.3) is 0 Å². The summed E-state index contributed by atoms with van der Waals surface area (Å²) >= 11 is 3.44. The number of hydrogen-bond donors (Lipinski definition) is 1. The molecule has 0 radical (unpaired) electrons. The predicted molar refractivity (Wildman–Crippen MR) is 108 cm³/mol. The van der Waals surface area contributed by atoms with Crippen molar-refractivity contribution in [3.05, 3.63) is 40.5 Å². The fourth-order valence-electron chi connectivity index (χ4n) is 3.82. The number of carbonyl (C=O) groups is 1. The molecule has 8 heteroatoms. The maximum absolute atomic E-state index is 12.9. The first-order valence-electron chi connectivity index (χ1n) is 9.74. The van der Waals surface area contributed by atoms with Crippen molar-refractivity contribution in [3.63, 3.8) is 0 Å². The lowest BCUT2D eigenvalue weighted by atomic mass is 9.76. The van der Waals surface area contributed by atoms with E-state index in [1.165, 1.54) is 0 Å². The second kappa shape index (κ2) is 8.21. The monoisotopic (exact) mass is 448 g/mol. The molecule has 4 rings (SSSR count). The second-order valence-electron chi connectivity index (χ2n) is 7.72. The van der Waals surface area contributed by atoms with Crippen molar-refractivity contribution in [2.24, 2.45) is 0 Å². The summed E-state index contributed by atoms with van der Waals surface area (Å²) in [6.07, 6.45) is 4.80. The molecule has 2 aliphatic rings. The van der Waals surface area contributed by atoms with Crippen molar-refractivity contribution in [1.82, 2.24) is 15.0 Å². The Balaban J connectivity index is 1.52. The van der Waals surface area contributed by atoms with Gasteiger partial charge in [-0.25, -0.2) is 4.79 Å². The van der Waals surface area contributed by atoms with Crippen molar-refractivity contribution < 1.29 is 14.1 Å². The number of aromatic nitrogens is 2. The number of ether oxygens (including phenoxy) is 1. The molecule has 1 aliphatic heterocycles. The van der Waals surface area contributed by atoms with Crippen molar-refractivity contribution in [3.8, 4) is 0 Å². The molecule has 0 bridgehead atoms. The summed E-state index contributed by atoms with van der Waals surface area (Å²) in [6, 6.07) is 7.50. The smallest absolute Gasteiger partial charge is 0.321 e. The fraction of sp³-hybridized carbons (Fsp3) is 0.550. The number of rotatable bonds is 6. The van der Waals surface area contributed by atoms with E-state index in [1.54, 1.807) is 7.11 Å². The molecule has 1 aliphatic carbocycles. The zero-order valence-corrected chi connectivity index (χ0v) is 17.6. The molecule has 1 saturated heterocycles. The lowest BCUT2D eigenvalue weighted by molar-refractivity contribution is 0.111. The van der Waals surface area contributed by atoms with Crippen molar-refractivity contribution in [1.29, 1.82) is 0 Å². The minimum Gasteiger partial charge on any atom is -0.385 e. The van der Waals surface area contributed by atoms with Crippen molar-refractivity contribution in [2.45, 2.75) is 43.4 Å². The topological polar surface area (TPSA) is 80.5 Å². The highest BCUT2D eigenvalue weighted by atomic mass is 79.9. The Hall–Kier alpha value is -1.93. The Morgan fingerprint density at radius 1 is 1.46 bits per heavy atom. The van der Waals surface area contributed by atoms with Crippen molar-refractivity contribution >= 4 is 27.6 Å². The van der Waals surface area contributed by atoms with Gasteiger partial charge in [-0.2, -0.15) is 4.98 Å². The van der Waals surface area contributed by atoms with Crippen LogP contribution in [0.2, 0.25) is 0 Å². The molecule has 2 aromatic rings. The molecule has 2 fully saturated rings. The number of amides is 2. The van der Waals surface area contributed by atoms with Gasteiger partial charge >= 0.3 is 6.03 Å². The van der Waals surface area contributed by atoms with Crippen LogP contribution < -0.4 is 5.32 Å². The van der Waals surface area contributed by atoms with Gasteiger partial charge in [-0.15, -0.1) is 0 Å². The molecule has 2 amide bonds. The summed E-state index contributed by atoms with van der Waals surface area (Å²) in [7, 11) is 1.69. The van der Waals surface area contributed by atoms with Gasteiger partial charge in [0.15, 0.2) is 5.82 Å². The average molecular weight is 449 g/mol. The standard InChI is InChI=1S/C20H25BrN4O3/c1-27-11-9-20(18-23-17(28-24-18)14-6-7-14)8-3-10-25(13-20)19(26)22-16-5-2-4-15(21)12-16/h2,4-5,12,14H,3,6-11,13H2,1H3,(H,22,26). The summed E-state index contributed by atoms with van der Waals surface area (Å²) < 4.78 is 11.8. The van der Waals surface area contributed by atoms with E-state index in [0.717, 1.165) is 48.2 Å². The normalized spacial score (nSPS) is 22.3. The van der Waals surface area contributed by atoms with Crippen LogP contribution in [0, 0.1) is 0 Å². The lowest BCUT2D eigenvalue weighted by Gasteiger charge is -2.40. The largest absolute Gasteiger partial charge is 0.385 e. The lowest BCUT2D eigenvalue weighted by Crippen LogP contribution is -2.50. The molecular weight excluding hydrogens is 424 g/mol. The second-order valence-corrected chi connectivity index (χ2v) is 8.63. The number of methoxy groups -OCH3 is 1. The molecule has 2 heterocycles. The number of carbonyl (C=O) groups excluding carboxylic acids is 1. The molecule has 1 saturated carbocycles. The van der Waals surface area contributed by atoms with E-state index < -0.39 is 0 Å². The molecular formula is C20H25BrN4O3. The van der Waals surface area contributed by atoms with E-state index in [0.29, 0.717) is 31.4 Å². The first kappa shape index (κ1) is 19.4. The van der Waals surface area contributed by atoms with Gasteiger partial charge in [0.1, 0.15) is 0 Å². The van der Waals surface area contributed by atoms with Crippen molar-refractivity contribution in [2.75, 3.05) is 32.1 Å². The zero-order chi connectivity index (χ0) is 19.6. The molecule has 7 nitrogen and oxygen atoms in total. The Kier molecular flexibility index (Phi) is 5.68. The van der Waals surface area contributed by atoms with Gasteiger partial charge < -0.3 is 19.5 Å². The number of nitrogens with one attached hydrogen (secondary N) is 1. The number of halogens is 1. The molecule has 1 N–H and O–H groups in total. The highest BCUT2D eigenvalue weighted by molar-refractivity contribution is 9.10. The van der Waals surface area contributed by atoms with Gasteiger partial charge in [0.2, 0.25) is 5.89 Å². The van der Waals surface area contributed by atoms with Gasteiger partial charge in [-0.05, 0) is 50.3 Å². The number of urea groups is 1. The van der Waals surface area contributed by atoms with Gasteiger partial charge in [0.05, 0.1) is 5.41 Å². The van der Waals surface area contributed by atoms with Gasteiger partial charge in [0.25, 0.3) is 0 Å². The highest BCUT2D eigenvalue weighted by Gasteiger charge is 2.43. The van der Waals surface area contributed by atoms with Gasteiger partial charge in [-0.1, -0.05) is 27.2 Å². The average Bonchev–Trinajstić information content (AvgIpc) is 3.43. The summed E-state index contributed by atoms with van der Waals surface area (Å²) in [4.78, 5) is 19.5. The SMILES string of the molecule is COCCC1(c2noc(C3CC3)n2)CCCN(C(=O)Nc2cccc(Br)c2)C1. The Morgan fingerprint density at radius 2 is 2.32 bits per heavy atom. The zero-order valence-electron chi connectivity index (χ0n) is 16.0. The molecule has 1 aromatic carbocycles. The Bertz CT molecular complexity index is 838. The number of likely N-dealkylation sites (tertiary alicyclic amines) is 1. The third-order valence-electron chi connectivity index (χ3n) is 5.57. The Morgan fingerprint density at radius 3 is 3.07 bits per heavy atom. The Labute approximate surface area is 172 Å². The fourth-order valence-corrected chi connectivity index (χ4v) is 4.22. The minimum atomic E-state index is -0.334. The van der Waals surface area contributed by atoms with Crippen LogP contribution in [0.3, 0.4) is 0 Å². The van der Waals surface area contributed by atoms with E-state index in [9.17, 15) is 4.79 Å². The van der Waals surface area contributed by atoms with Crippen LogP contribution in [0.1, 0.15) is 49.7 Å². The van der Waals surface area contributed by atoms with Crippen LogP contribution in [-0.4, -0.2) is 47.9 Å².